The largest absolute Gasteiger partial charge is 0.438 e. The Balaban J connectivity index is 1.81. The van der Waals surface area contributed by atoms with Gasteiger partial charge in [-0.1, -0.05) is 24.3 Å². The van der Waals surface area contributed by atoms with Crippen molar-refractivity contribution in [1.29, 1.82) is 0 Å². The SMILES string of the molecule is Cc1cccc(NC(=O)c2cc3ccccc3oc2=Nc2ccc(C(N)=O)cc2)n1. The molecule has 0 aliphatic carbocycles. The first kappa shape index (κ1) is 19.1. The molecule has 0 aliphatic heterocycles. The number of benzene rings is 2. The second-order valence-electron chi connectivity index (χ2n) is 6.64. The van der Waals surface area contributed by atoms with Crippen LogP contribution in [0.2, 0.25) is 0 Å². The molecule has 0 bridgehead atoms. The van der Waals surface area contributed by atoms with Gasteiger partial charge in [0.15, 0.2) is 0 Å². The van der Waals surface area contributed by atoms with E-state index in [4.69, 9.17) is 10.2 Å². The molecule has 0 unspecified atom stereocenters. The van der Waals surface area contributed by atoms with E-state index in [2.05, 4.69) is 15.3 Å². The molecule has 2 amide bonds. The van der Waals surface area contributed by atoms with Crippen molar-refractivity contribution in [2.75, 3.05) is 5.32 Å². The van der Waals surface area contributed by atoms with E-state index in [1.54, 1.807) is 42.5 Å². The monoisotopic (exact) mass is 398 g/mol. The molecule has 2 aromatic carbocycles. The number of amides is 2. The molecule has 3 N–H and O–H groups in total. The molecule has 0 atom stereocenters. The van der Waals surface area contributed by atoms with Crippen molar-refractivity contribution < 1.29 is 14.0 Å². The highest BCUT2D eigenvalue weighted by atomic mass is 16.3. The quantitative estimate of drug-likeness (QED) is 0.546. The number of hydrogen-bond donors (Lipinski definition) is 2. The summed E-state index contributed by atoms with van der Waals surface area (Å²) in [6.07, 6.45) is 0. The van der Waals surface area contributed by atoms with Crippen LogP contribution in [0.5, 0.6) is 0 Å². The van der Waals surface area contributed by atoms with Crippen molar-refractivity contribution in [3.05, 3.63) is 95.2 Å². The van der Waals surface area contributed by atoms with Crippen LogP contribution >= 0.6 is 0 Å². The smallest absolute Gasteiger partial charge is 0.262 e. The second-order valence-corrected chi connectivity index (χ2v) is 6.64. The lowest BCUT2D eigenvalue weighted by Gasteiger charge is -2.07. The Labute approximate surface area is 171 Å². The molecule has 7 heteroatoms. The molecule has 30 heavy (non-hydrogen) atoms. The van der Waals surface area contributed by atoms with Gasteiger partial charge in [0, 0.05) is 16.6 Å². The maximum atomic E-state index is 13.0. The number of para-hydroxylation sites is 1. The molecular weight excluding hydrogens is 380 g/mol. The van der Waals surface area contributed by atoms with Crippen LogP contribution in [-0.2, 0) is 0 Å². The Morgan fingerprint density at radius 1 is 1.00 bits per heavy atom. The van der Waals surface area contributed by atoms with E-state index in [-0.39, 0.29) is 11.1 Å². The van der Waals surface area contributed by atoms with Crippen LogP contribution in [0.25, 0.3) is 11.0 Å². The van der Waals surface area contributed by atoms with Gasteiger partial charge in [-0.3, -0.25) is 9.59 Å². The summed E-state index contributed by atoms with van der Waals surface area (Å²) >= 11 is 0. The van der Waals surface area contributed by atoms with Crippen LogP contribution in [0.1, 0.15) is 26.4 Å². The van der Waals surface area contributed by atoms with E-state index in [1.165, 1.54) is 0 Å². The van der Waals surface area contributed by atoms with Crippen LogP contribution in [-0.4, -0.2) is 16.8 Å². The second kappa shape index (κ2) is 8.00. The first-order valence-electron chi connectivity index (χ1n) is 9.22. The average molecular weight is 398 g/mol. The number of carbonyl (C=O) groups is 2. The third kappa shape index (κ3) is 4.10. The molecule has 148 valence electrons. The van der Waals surface area contributed by atoms with Crippen LogP contribution in [0, 0.1) is 6.92 Å². The molecule has 0 radical (unpaired) electrons. The Bertz CT molecular complexity index is 1320. The minimum absolute atomic E-state index is 0.144. The number of carbonyl (C=O) groups excluding carboxylic acids is 2. The van der Waals surface area contributed by atoms with Gasteiger partial charge in [0.2, 0.25) is 11.5 Å². The van der Waals surface area contributed by atoms with E-state index < -0.39 is 11.8 Å². The van der Waals surface area contributed by atoms with Gasteiger partial charge in [-0.25, -0.2) is 9.98 Å². The fourth-order valence-electron chi connectivity index (χ4n) is 2.93. The lowest BCUT2D eigenvalue weighted by Crippen LogP contribution is -2.22. The number of rotatable bonds is 4. The Morgan fingerprint density at radius 2 is 1.77 bits per heavy atom. The van der Waals surface area contributed by atoms with Crippen LogP contribution in [0.3, 0.4) is 0 Å². The predicted octanol–water partition coefficient (Wildman–Crippen LogP) is 3.72. The molecule has 0 saturated heterocycles. The summed E-state index contributed by atoms with van der Waals surface area (Å²) in [7, 11) is 0. The van der Waals surface area contributed by atoms with Gasteiger partial charge in [0.05, 0.1) is 5.69 Å². The topological polar surface area (TPSA) is 111 Å². The zero-order chi connectivity index (χ0) is 21.1. The van der Waals surface area contributed by atoms with Crippen LogP contribution < -0.4 is 16.6 Å². The molecule has 4 aromatic rings. The van der Waals surface area contributed by atoms with Gasteiger partial charge < -0.3 is 15.5 Å². The van der Waals surface area contributed by atoms with Gasteiger partial charge in [0.25, 0.3) is 5.91 Å². The number of primary amides is 1. The molecule has 0 spiro atoms. The number of nitrogens with one attached hydrogen (secondary N) is 1. The zero-order valence-corrected chi connectivity index (χ0v) is 16.1. The molecule has 2 heterocycles. The van der Waals surface area contributed by atoms with Crippen molar-refractivity contribution in [3.63, 3.8) is 0 Å². The number of pyridine rings is 1. The Morgan fingerprint density at radius 3 is 2.50 bits per heavy atom. The fraction of sp³-hybridized carbons (Fsp3) is 0.0435. The third-order valence-corrected chi connectivity index (χ3v) is 4.41. The minimum Gasteiger partial charge on any atom is -0.438 e. The highest BCUT2D eigenvalue weighted by Gasteiger charge is 2.14. The van der Waals surface area contributed by atoms with Crippen molar-refractivity contribution in [3.8, 4) is 0 Å². The van der Waals surface area contributed by atoms with Crippen LogP contribution in [0.4, 0.5) is 11.5 Å². The van der Waals surface area contributed by atoms with E-state index >= 15 is 0 Å². The highest BCUT2D eigenvalue weighted by Crippen LogP contribution is 2.17. The summed E-state index contributed by atoms with van der Waals surface area (Å²) in [6, 6.07) is 20.9. The lowest BCUT2D eigenvalue weighted by atomic mass is 10.1. The van der Waals surface area contributed by atoms with Gasteiger partial charge in [-0.15, -0.1) is 0 Å². The van der Waals surface area contributed by atoms with E-state index in [1.807, 2.05) is 37.3 Å². The summed E-state index contributed by atoms with van der Waals surface area (Å²) in [5, 5.41) is 3.55. The minimum atomic E-state index is -0.525. The van der Waals surface area contributed by atoms with Gasteiger partial charge in [0.1, 0.15) is 17.0 Å². The average Bonchev–Trinajstić information content (AvgIpc) is 2.73. The number of fused-ring (bicyclic) bond motifs is 1. The first-order chi connectivity index (χ1) is 14.5. The maximum Gasteiger partial charge on any atom is 0.262 e. The summed E-state index contributed by atoms with van der Waals surface area (Å²) in [4.78, 5) is 33.0. The third-order valence-electron chi connectivity index (χ3n) is 4.41. The predicted molar refractivity (Wildman–Crippen MR) is 113 cm³/mol. The van der Waals surface area contributed by atoms with Crippen LogP contribution in [0.15, 0.2) is 82.2 Å². The number of aromatic nitrogens is 1. The summed E-state index contributed by atoms with van der Waals surface area (Å²) < 4.78 is 5.92. The molecular formula is C23H18N4O3. The number of anilines is 1. The number of hydrogen-bond acceptors (Lipinski definition) is 5. The zero-order valence-electron chi connectivity index (χ0n) is 16.1. The standard InChI is InChI=1S/C23H18N4O3/c1-14-5-4-8-20(25-14)27-22(29)18-13-16-6-2-3-7-19(16)30-23(18)26-17-11-9-15(10-12-17)21(24)28/h2-13H,1H3,(H2,24,28)(H,25,27,29). The molecule has 0 aliphatic rings. The van der Waals surface area contributed by atoms with E-state index in [0.29, 0.717) is 22.7 Å². The van der Waals surface area contributed by atoms with Gasteiger partial charge >= 0.3 is 0 Å². The summed E-state index contributed by atoms with van der Waals surface area (Å²) in [5.41, 5.74) is 7.95. The van der Waals surface area contributed by atoms with Crippen molar-refractivity contribution in [1.82, 2.24) is 4.98 Å². The number of aryl methyl sites for hydroxylation is 1. The maximum absolute atomic E-state index is 13.0. The van der Waals surface area contributed by atoms with Crippen molar-refractivity contribution >= 4 is 34.3 Å². The number of nitrogens with zero attached hydrogens (tertiary/aromatic N) is 2. The van der Waals surface area contributed by atoms with E-state index in [0.717, 1.165) is 11.1 Å². The van der Waals surface area contributed by atoms with Gasteiger partial charge in [-0.05, 0) is 55.5 Å². The molecule has 0 saturated carbocycles. The normalized spacial score (nSPS) is 11.4. The highest BCUT2D eigenvalue weighted by molar-refractivity contribution is 6.05. The summed E-state index contributed by atoms with van der Waals surface area (Å²) in [5.74, 6) is -0.484. The fourth-order valence-corrected chi connectivity index (χ4v) is 2.93. The van der Waals surface area contributed by atoms with Gasteiger partial charge in [-0.2, -0.15) is 0 Å². The molecule has 2 aromatic heterocycles. The Kier molecular flexibility index (Phi) is 5.09. The summed E-state index contributed by atoms with van der Waals surface area (Å²) in [6.45, 7) is 1.84. The molecule has 7 nitrogen and oxygen atoms in total. The lowest BCUT2D eigenvalue weighted by molar-refractivity contribution is 0.0997. The first-order valence-corrected chi connectivity index (χ1v) is 9.22. The van der Waals surface area contributed by atoms with E-state index in [9.17, 15) is 9.59 Å². The Hall–Kier alpha value is -4.26. The van der Waals surface area contributed by atoms with Crippen molar-refractivity contribution in [2.24, 2.45) is 10.7 Å². The molecule has 4 rings (SSSR count). The number of nitrogens with two attached hydrogens (primary N) is 1. The molecule has 0 fully saturated rings. The van der Waals surface area contributed by atoms with Crippen molar-refractivity contribution in [2.45, 2.75) is 6.92 Å².